The third kappa shape index (κ3) is 8.40. The van der Waals surface area contributed by atoms with Gasteiger partial charge in [0.15, 0.2) is 5.78 Å². The fourth-order valence-corrected chi connectivity index (χ4v) is 9.44. The maximum absolute atomic E-state index is 13.9. The summed E-state index contributed by atoms with van der Waals surface area (Å²) < 4.78 is 28.7. The number of anilines is 2. The molecule has 0 spiro atoms. The van der Waals surface area contributed by atoms with Crippen LogP contribution in [0.15, 0.2) is 102 Å². The molecule has 53 heavy (non-hydrogen) atoms. The van der Waals surface area contributed by atoms with Gasteiger partial charge in [0.1, 0.15) is 0 Å². The van der Waals surface area contributed by atoms with Crippen LogP contribution in [0.25, 0.3) is 0 Å². The number of hydrogen-bond acceptors (Lipinski definition) is 7. The van der Waals surface area contributed by atoms with Crippen molar-refractivity contribution in [2.24, 2.45) is 0 Å². The van der Waals surface area contributed by atoms with E-state index < -0.39 is 22.0 Å². The first-order chi connectivity index (χ1) is 25.4. The number of benzene rings is 4. The van der Waals surface area contributed by atoms with Crippen molar-refractivity contribution >= 4 is 56.4 Å². The van der Waals surface area contributed by atoms with E-state index in [0.717, 1.165) is 64.4 Å². The largest absolute Gasteiger partial charge is 0.478 e. The molecule has 10 nitrogen and oxygen atoms in total. The normalized spacial score (nSPS) is 12.5. The summed E-state index contributed by atoms with van der Waals surface area (Å²) in [5, 5.41) is 21.4. The molecule has 4 aromatic carbocycles. The number of carboxylic acid groups (broad SMARTS) is 2. The minimum atomic E-state index is -4.10. The fourth-order valence-electron chi connectivity index (χ4n) is 6.53. The van der Waals surface area contributed by atoms with Crippen LogP contribution in [0.5, 0.6) is 0 Å². The van der Waals surface area contributed by atoms with E-state index in [1.165, 1.54) is 53.8 Å². The first kappa shape index (κ1) is 37.2. The van der Waals surface area contributed by atoms with E-state index in [1.807, 2.05) is 36.4 Å². The third-order valence-corrected chi connectivity index (χ3v) is 12.5. The molecule has 0 saturated heterocycles. The summed E-state index contributed by atoms with van der Waals surface area (Å²) in [5.41, 5.74) is 4.97. The second kappa shape index (κ2) is 16.0. The number of Topliss-reactive ketones (excluding diaryl/α,β-unsaturated/α-hetero) is 1. The quantitative estimate of drug-likeness (QED) is 0.0975. The number of carbonyl (C=O) groups is 4. The van der Waals surface area contributed by atoms with E-state index in [1.54, 1.807) is 25.1 Å². The SMILES string of the molecule is CCN(c1ccc(C(=O)O)cc1)S(=O)(=O)c1cccc(C(=O)Cc2sc3c(c2C(=O)Nc2ccc(CCc4ccc(C(=O)O)cc4)cc2)CCCC3)c1. The summed E-state index contributed by atoms with van der Waals surface area (Å²) in [6.45, 7) is 1.75. The van der Waals surface area contributed by atoms with Crippen LogP contribution >= 0.6 is 11.3 Å². The van der Waals surface area contributed by atoms with Crippen LogP contribution in [0, 0.1) is 0 Å². The summed E-state index contributed by atoms with van der Waals surface area (Å²) in [6, 6.07) is 25.8. The Hall–Kier alpha value is -5.59. The number of amides is 1. The number of thiophene rings is 1. The van der Waals surface area contributed by atoms with Crippen molar-refractivity contribution in [2.45, 2.75) is 56.8 Å². The van der Waals surface area contributed by atoms with Gasteiger partial charge in [-0.2, -0.15) is 0 Å². The van der Waals surface area contributed by atoms with Gasteiger partial charge in [-0.1, -0.05) is 36.4 Å². The molecule has 0 radical (unpaired) electrons. The predicted molar refractivity (Wildman–Crippen MR) is 204 cm³/mol. The van der Waals surface area contributed by atoms with Gasteiger partial charge in [0.05, 0.1) is 27.3 Å². The molecule has 3 N–H and O–H groups in total. The van der Waals surface area contributed by atoms with Crippen molar-refractivity contribution in [3.63, 3.8) is 0 Å². The Morgan fingerprint density at radius 2 is 1.34 bits per heavy atom. The van der Waals surface area contributed by atoms with E-state index in [2.05, 4.69) is 5.32 Å². The Bertz CT molecular complexity index is 2280. The highest BCUT2D eigenvalue weighted by Gasteiger charge is 2.28. The molecule has 0 aliphatic heterocycles. The van der Waals surface area contributed by atoms with Crippen molar-refractivity contribution in [3.05, 3.63) is 146 Å². The summed E-state index contributed by atoms with van der Waals surface area (Å²) in [4.78, 5) is 51.7. The van der Waals surface area contributed by atoms with E-state index in [-0.39, 0.29) is 46.2 Å². The highest BCUT2D eigenvalue weighted by molar-refractivity contribution is 7.92. The van der Waals surface area contributed by atoms with Crippen LogP contribution in [0.1, 0.15) is 87.6 Å². The number of rotatable bonds is 14. The number of nitrogens with one attached hydrogen (secondary N) is 1. The molecular formula is C41H38N2O8S2. The van der Waals surface area contributed by atoms with E-state index >= 15 is 0 Å². The lowest BCUT2D eigenvalue weighted by Gasteiger charge is -2.23. The molecule has 5 aromatic rings. The summed E-state index contributed by atoms with van der Waals surface area (Å²) in [6.07, 6.45) is 4.92. The van der Waals surface area contributed by atoms with Crippen LogP contribution < -0.4 is 9.62 Å². The highest BCUT2D eigenvalue weighted by Crippen LogP contribution is 2.36. The zero-order valence-electron chi connectivity index (χ0n) is 29.0. The fraction of sp³-hybridized carbons (Fsp3) is 0.220. The van der Waals surface area contributed by atoms with Crippen LogP contribution in [0.4, 0.5) is 11.4 Å². The zero-order chi connectivity index (χ0) is 37.7. The number of ketones is 1. The molecule has 0 unspecified atom stereocenters. The molecule has 6 rings (SSSR count). The van der Waals surface area contributed by atoms with Crippen molar-refractivity contribution < 1.29 is 37.8 Å². The van der Waals surface area contributed by atoms with Crippen LogP contribution in [-0.2, 0) is 42.1 Å². The van der Waals surface area contributed by atoms with E-state index in [9.17, 15) is 32.7 Å². The lowest BCUT2D eigenvalue weighted by molar-refractivity contribution is 0.0686. The van der Waals surface area contributed by atoms with Gasteiger partial charge in [0.25, 0.3) is 15.9 Å². The second-order valence-electron chi connectivity index (χ2n) is 12.8. The summed E-state index contributed by atoms with van der Waals surface area (Å²) in [7, 11) is -4.10. The maximum atomic E-state index is 13.9. The number of aromatic carboxylic acids is 2. The Kier molecular flexibility index (Phi) is 11.2. The average Bonchev–Trinajstić information content (AvgIpc) is 3.53. The predicted octanol–water partition coefficient (Wildman–Crippen LogP) is 7.70. The lowest BCUT2D eigenvalue weighted by atomic mass is 9.93. The van der Waals surface area contributed by atoms with Gasteiger partial charge in [0, 0.05) is 34.0 Å². The molecule has 1 amide bonds. The van der Waals surface area contributed by atoms with Crippen molar-refractivity contribution in [1.29, 1.82) is 0 Å². The van der Waals surface area contributed by atoms with Gasteiger partial charge >= 0.3 is 11.9 Å². The monoisotopic (exact) mass is 750 g/mol. The van der Waals surface area contributed by atoms with Gasteiger partial charge in [0.2, 0.25) is 0 Å². The number of carboxylic acids is 2. The number of nitrogens with zero attached hydrogens (tertiary/aromatic N) is 1. The van der Waals surface area contributed by atoms with E-state index in [4.69, 9.17) is 5.11 Å². The average molecular weight is 751 g/mol. The van der Waals surface area contributed by atoms with Crippen LogP contribution in [0.2, 0.25) is 0 Å². The summed E-state index contributed by atoms with van der Waals surface area (Å²) in [5.74, 6) is -2.68. The maximum Gasteiger partial charge on any atom is 0.335 e. The van der Waals surface area contributed by atoms with Crippen molar-refractivity contribution in [1.82, 2.24) is 0 Å². The first-order valence-corrected chi connectivity index (χ1v) is 19.6. The number of carbonyl (C=O) groups excluding carboxylic acids is 2. The zero-order valence-corrected chi connectivity index (χ0v) is 30.6. The highest BCUT2D eigenvalue weighted by atomic mass is 32.2. The Morgan fingerprint density at radius 3 is 1.94 bits per heavy atom. The number of aryl methyl sites for hydroxylation is 3. The second-order valence-corrected chi connectivity index (χ2v) is 15.9. The molecule has 0 bridgehead atoms. The lowest BCUT2D eigenvalue weighted by Crippen LogP contribution is -2.31. The number of hydrogen-bond donors (Lipinski definition) is 3. The Morgan fingerprint density at radius 1 is 0.755 bits per heavy atom. The van der Waals surface area contributed by atoms with Crippen molar-refractivity contribution in [2.75, 3.05) is 16.2 Å². The molecule has 1 aliphatic rings. The van der Waals surface area contributed by atoms with Gasteiger partial charge in [-0.3, -0.25) is 13.9 Å². The molecule has 1 heterocycles. The molecule has 0 fully saturated rings. The molecule has 272 valence electrons. The standard InChI is InChI=1S/C41H38N2O8S2/c1-2-43(32-22-18-29(19-23-32)41(48)49)53(50,51)33-7-5-6-30(24-33)35(44)25-37-38(34-8-3-4-9-36(34)52-37)39(45)42-31-20-14-27(15-21-31)11-10-26-12-16-28(17-13-26)40(46)47/h5-7,12-24H,2-4,8-11,25H2,1H3,(H,42,45)(H,46,47)(H,48,49). The topological polar surface area (TPSA) is 158 Å². The van der Waals surface area contributed by atoms with Crippen LogP contribution in [0.3, 0.4) is 0 Å². The third-order valence-electron chi connectivity index (χ3n) is 9.34. The van der Waals surface area contributed by atoms with Crippen LogP contribution in [-0.4, -0.2) is 48.8 Å². The summed E-state index contributed by atoms with van der Waals surface area (Å²) >= 11 is 1.47. The number of fused-ring (bicyclic) bond motifs is 1. The molecule has 12 heteroatoms. The minimum absolute atomic E-state index is 0.0341. The molecular weight excluding hydrogens is 713 g/mol. The Balaban J connectivity index is 1.17. The first-order valence-electron chi connectivity index (χ1n) is 17.3. The molecule has 1 aliphatic carbocycles. The molecule has 0 saturated carbocycles. The van der Waals surface area contributed by atoms with Gasteiger partial charge in [-0.15, -0.1) is 11.3 Å². The molecule has 1 aromatic heterocycles. The smallest absolute Gasteiger partial charge is 0.335 e. The Labute approximate surface area is 311 Å². The van der Waals surface area contributed by atoms with Gasteiger partial charge in [-0.05, 0) is 123 Å². The van der Waals surface area contributed by atoms with Gasteiger partial charge in [-0.25, -0.2) is 18.0 Å². The van der Waals surface area contributed by atoms with Crippen molar-refractivity contribution in [3.8, 4) is 0 Å². The van der Waals surface area contributed by atoms with E-state index in [0.29, 0.717) is 21.8 Å². The minimum Gasteiger partial charge on any atom is -0.478 e. The number of sulfonamides is 1. The van der Waals surface area contributed by atoms with Gasteiger partial charge < -0.3 is 15.5 Å². The molecule has 0 atom stereocenters.